The van der Waals surface area contributed by atoms with Gasteiger partial charge in [0.25, 0.3) is 9.05 Å². The van der Waals surface area contributed by atoms with Crippen LogP contribution in [0.2, 0.25) is 0 Å². The van der Waals surface area contributed by atoms with Crippen LogP contribution in [-0.4, -0.2) is 20.7 Å². The van der Waals surface area contributed by atoms with Gasteiger partial charge >= 0.3 is 0 Å². The molecule has 2 aromatic rings. The van der Waals surface area contributed by atoms with E-state index in [9.17, 15) is 8.42 Å². The number of nitrogens with zero attached hydrogens (tertiary/aromatic N) is 1. The quantitative estimate of drug-likeness (QED) is 0.815. The lowest BCUT2D eigenvalue weighted by atomic mass is 10.0. The van der Waals surface area contributed by atoms with Gasteiger partial charge in [0.15, 0.2) is 0 Å². The fourth-order valence-electron chi connectivity index (χ4n) is 1.92. The highest BCUT2D eigenvalue weighted by Gasteiger charge is 2.20. The van der Waals surface area contributed by atoms with Crippen LogP contribution in [-0.2, 0) is 9.05 Å². The second-order valence-corrected chi connectivity index (χ2v) is 6.54. The molecule has 0 saturated carbocycles. The summed E-state index contributed by atoms with van der Waals surface area (Å²) in [5, 5.41) is 3.84. The standard InChI is InChI=1S/C12H12ClNO4S/c1-7-12(8(2)18-14-7)9-4-5-10(17-3)11(6-9)19(13,15)16/h4-6H,1-3H3. The minimum Gasteiger partial charge on any atom is -0.495 e. The number of ether oxygens (including phenoxy) is 1. The Morgan fingerprint density at radius 1 is 1.32 bits per heavy atom. The molecule has 1 heterocycles. The largest absolute Gasteiger partial charge is 0.495 e. The molecule has 19 heavy (non-hydrogen) atoms. The van der Waals surface area contributed by atoms with Crippen LogP contribution in [0, 0.1) is 13.8 Å². The summed E-state index contributed by atoms with van der Waals surface area (Å²) in [5.41, 5.74) is 2.10. The van der Waals surface area contributed by atoms with Crippen molar-refractivity contribution in [2.75, 3.05) is 7.11 Å². The zero-order chi connectivity index (χ0) is 14.2. The van der Waals surface area contributed by atoms with Crippen molar-refractivity contribution in [1.29, 1.82) is 0 Å². The van der Waals surface area contributed by atoms with E-state index in [1.54, 1.807) is 26.0 Å². The molecule has 7 heteroatoms. The molecular weight excluding hydrogens is 290 g/mol. The second-order valence-electron chi connectivity index (χ2n) is 4.00. The zero-order valence-corrected chi connectivity index (χ0v) is 12.2. The first-order chi connectivity index (χ1) is 8.84. The van der Waals surface area contributed by atoms with Gasteiger partial charge in [0.05, 0.1) is 12.8 Å². The number of hydrogen-bond acceptors (Lipinski definition) is 5. The Balaban J connectivity index is 2.69. The van der Waals surface area contributed by atoms with Gasteiger partial charge in [-0.15, -0.1) is 0 Å². The van der Waals surface area contributed by atoms with Gasteiger partial charge in [-0.25, -0.2) is 8.42 Å². The van der Waals surface area contributed by atoms with Crippen molar-refractivity contribution in [3.05, 3.63) is 29.7 Å². The Labute approximate surface area is 115 Å². The third-order valence-corrected chi connectivity index (χ3v) is 4.09. The van der Waals surface area contributed by atoms with Crippen molar-refractivity contribution in [1.82, 2.24) is 5.16 Å². The molecule has 0 aliphatic rings. The number of hydrogen-bond donors (Lipinski definition) is 0. The van der Waals surface area contributed by atoms with E-state index >= 15 is 0 Å². The van der Waals surface area contributed by atoms with E-state index < -0.39 is 9.05 Å². The van der Waals surface area contributed by atoms with Crippen molar-refractivity contribution in [2.24, 2.45) is 0 Å². The first-order valence-electron chi connectivity index (χ1n) is 5.40. The van der Waals surface area contributed by atoms with Crippen LogP contribution < -0.4 is 4.74 Å². The van der Waals surface area contributed by atoms with Crippen molar-refractivity contribution < 1.29 is 17.7 Å². The molecule has 5 nitrogen and oxygen atoms in total. The van der Waals surface area contributed by atoms with E-state index in [1.807, 2.05) is 0 Å². The average Bonchev–Trinajstić information content (AvgIpc) is 2.67. The summed E-state index contributed by atoms with van der Waals surface area (Å²) in [4.78, 5) is -0.0748. The van der Waals surface area contributed by atoms with Crippen molar-refractivity contribution in [3.63, 3.8) is 0 Å². The van der Waals surface area contributed by atoms with E-state index in [2.05, 4.69) is 5.16 Å². The molecule has 0 N–H and O–H groups in total. The maximum Gasteiger partial charge on any atom is 0.265 e. The van der Waals surface area contributed by atoms with Crippen molar-refractivity contribution in [3.8, 4) is 16.9 Å². The summed E-state index contributed by atoms with van der Waals surface area (Å²) >= 11 is 0. The van der Waals surface area contributed by atoms with Gasteiger partial charge in [-0.1, -0.05) is 11.2 Å². The molecule has 0 radical (unpaired) electrons. The predicted octanol–water partition coefficient (Wildman–Crippen LogP) is 2.89. The summed E-state index contributed by atoms with van der Waals surface area (Å²) in [7, 11) is 2.91. The first-order valence-corrected chi connectivity index (χ1v) is 7.71. The van der Waals surface area contributed by atoms with Crippen LogP contribution in [0.15, 0.2) is 27.6 Å². The molecule has 0 aliphatic heterocycles. The highest BCUT2D eigenvalue weighted by Crippen LogP contribution is 2.34. The van der Waals surface area contributed by atoms with Crippen LogP contribution in [0.5, 0.6) is 5.75 Å². The van der Waals surface area contributed by atoms with Gasteiger partial charge in [0, 0.05) is 16.2 Å². The molecule has 0 amide bonds. The molecule has 2 rings (SSSR count). The van der Waals surface area contributed by atoms with Gasteiger partial charge < -0.3 is 9.26 Å². The maximum absolute atomic E-state index is 11.6. The smallest absolute Gasteiger partial charge is 0.265 e. The van der Waals surface area contributed by atoms with Crippen LogP contribution in [0.25, 0.3) is 11.1 Å². The average molecular weight is 302 g/mol. The number of aromatic nitrogens is 1. The fraction of sp³-hybridized carbons (Fsp3) is 0.250. The normalized spacial score (nSPS) is 11.6. The minimum atomic E-state index is -3.89. The summed E-state index contributed by atoms with van der Waals surface area (Å²) in [6.07, 6.45) is 0. The Morgan fingerprint density at radius 2 is 2.00 bits per heavy atom. The van der Waals surface area contributed by atoms with Gasteiger partial charge in [-0.3, -0.25) is 0 Å². The van der Waals surface area contributed by atoms with E-state index in [4.69, 9.17) is 19.9 Å². The van der Waals surface area contributed by atoms with Crippen molar-refractivity contribution >= 4 is 19.7 Å². The van der Waals surface area contributed by atoms with Crippen LogP contribution in [0.1, 0.15) is 11.5 Å². The monoisotopic (exact) mass is 301 g/mol. The number of methoxy groups -OCH3 is 1. The van der Waals surface area contributed by atoms with Crippen molar-refractivity contribution in [2.45, 2.75) is 18.7 Å². The topological polar surface area (TPSA) is 69.4 Å². The summed E-state index contributed by atoms with van der Waals surface area (Å²) < 4.78 is 33.2. The Morgan fingerprint density at radius 3 is 2.47 bits per heavy atom. The van der Waals surface area contributed by atoms with Gasteiger partial charge in [0.2, 0.25) is 0 Å². The summed E-state index contributed by atoms with van der Waals surface area (Å²) in [6, 6.07) is 4.74. The minimum absolute atomic E-state index is 0.0748. The Bertz CT molecular complexity index is 702. The molecule has 102 valence electrons. The third-order valence-electron chi connectivity index (χ3n) is 2.75. The summed E-state index contributed by atoms with van der Waals surface area (Å²) in [6.45, 7) is 3.54. The Hall–Kier alpha value is -1.53. The molecule has 1 aromatic heterocycles. The van der Waals surface area contributed by atoms with Gasteiger partial charge in [-0.05, 0) is 31.5 Å². The SMILES string of the molecule is COc1ccc(-c2c(C)noc2C)cc1S(=O)(=O)Cl. The molecule has 0 fully saturated rings. The van der Waals surface area contributed by atoms with E-state index in [0.29, 0.717) is 17.0 Å². The van der Waals surface area contributed by atoms with Crippen LogP contribution in [0.4, 0.5) is 0 Å². The molecule has 0 unspecified atom stereocenters. The molecule has 0 bridgehead atoms. The number of halogens is 1. The first kappa shape index (κ1) is 13.9. The molecule has 0 atom stereocenters. The molecule has 0 aliphatic carbocycles. The lowest BCUT2D eigenvalue weighted by molar-refractivity contribution is 0.393. The zero-order valence-electron chi connectivity index (χ0n) is 10.6. The van der Waals surface area contributed by atoms with Crippen LogP contribution >= 0.6 is 10.7 Å². The lowest BCUT2D eigenvalue weighted by Crippen LogP contribution is -1.97. The predicted molar refractivity (Wildman–Crippen MR) is 71.0 cm³/mol. The second kappa shape index (κ2) is 4.86. The lowest BCUT2D eigenvalue weighted by Gasteiger charge is -2.08. The van der Waals surface area contributed by atoms with E-state index in [0.717, 1.165) is 5.56 Å². The summed E-state index contributed by atoms with van der Waals surface area (Å²) in [5.74, 6) is 0.811. The third kappa shape index (κ3) is 2.59. The Kier molecular flexibility index (Phi) is 3.56. The maximum atomic E-state index is 11.6. The van der Waals surface area contributed by atoms with E-state index in [-0.39, 0.29) is 10.6 Å². The molecule has 1 aromatic carbocycles. The fourth-order valence-corrected chi connectivity index (χ4v) is 2.94. The molecular formula is C12H12ClNO4S. The highest BCUT2D eigenvalue weighted by atomic mass is 35.7. The number of rotatable bonds is 3. The molecule has 0 spiro atoms. The molecule has 0 saturated heterocycles. The number of benzene rings is 1. The van der Waals surface area contributed by atoms with Crippen LogP contribution in [0.3, 0.4) is 0 Å². The van der Waals surface area contributed by atoms with Gasteiger partial charge in [0.1, 0.15) is 16.4 Å². The highest BCUT2D eigenvalue weighted by molar-refractivity contribution is 8.13. The number of aryl methyl sites for hydroxylation is 2. The van der Waals surface area contributed by atoms with Gasteiger partial charge in [-0.2, -0.15) is 0 Å². The van der Waals surface area contributed by atoms with E-state index in [1.165, 1.54) is 13.2 Å².